The maximum absolute atomic E-state index is 12.2. The van der Waals surface area contributed by atoms with Gasteiger partial charge in [0.25, 0.3) is 0 Å². The number of carbonyl (C=O) groups is 1. The van der Waals surface area contributed by atoms with E-state index in [2.05, 4.69) is 9.97 Å². The highest BCUT2D eigenvalue weighted by Crippen LogP contribution is 2.22. The van der Waals surface area contributed by atoms with Crippen LogP contribution in [0, 0.1) is 0 Å². The molecule has 2 aromatic carbocycles. The van der Waals surface area contributed by atoms with Crippen molar-refractivity contribution in [3.63, 3.8) is 0 Å². The minimum atomic E-state index is -0.384. The van der Waals surface area contributed by atoms with Crippen molar-refractivity contribution in [3.8, 4) is 5.75 Å². The van der Waals surface area contributed by atoms with Crippen LogP contribution in [0.15, 0.2) is 60.9 Å². The Kier molecular flexibility index (Phi) is 4.84. The fraction of sp³-hybridized carbons (Fsp3) is 0.150. The second-order valence-electron chi connectivity index (χ2n) is 5.92. The third-order valence-corrected chi connectivity index (χ3v) is 5.05. The summed E-state index contributed by atoms with van der Waals surface area (Å²) >= 11 is 1.53. The van der Waals surface area contributed by atoms with Crippen molar-refractivity contribution in [3.05, 3.63) is 77.3 Å². The van der Waals surface area contributed by atoms with Crippen LogP contribution in [0.1, 0.15) is 21.2 Å². The number of esters is 1. The van der Waals surface area contributed by atoms with Crippen LogP contribution in [0.4, 0.5) is 0 Å². The molecule has 0 aliphatic carbocycles. The Balaban J connectivity index is 1.33. The van der Waals surface area contributed by atoms with E-state index >= 15 is 0 Å². The fourth-order valence-corrected chi connectivity index (χ4v) is 3.44. The van der Waals surface area contributed by atoms with E-state index in [4.69, 9.17) is 9.47 Å². The fourth-order valence-electron chi connectivity index (χ4n) is 2.56. The summed E-state index contributed by atoms with van der Waals surface area (Å²) in [5, 5.41) is 0.777. The van der Waals surface area contributed by atoms with E-state index < -0.39 is 0 Å². The van der Waals surface area contributed by atoms with Gasteiger partial charge in [0, 0.05) is 19.4 Å². The number of hydrogen-bond acceptors (Lipinski definition) is 6. The van der Waals surface area contributed by atoms with Crippen molar-refractivity contribution < 1.29 is 14.3 Å². The number of thiazole rings is 1. The van der Waals surface area contributed by atoms with Gasteiger partial charge in [0.2, 0.25) is 0 Å². The number of benzene rings is 2. The quantitative estimate of drug-likeness (QED) is 0.474. The van der Waals surface area contributed by atoms with Crippen LogP contribution in [0.2, 0.25) is 0 Å². The summed E-state index contributed by atoms with van der Waals surface area (Å²) in [5.41, 5.74) is 1.39. The van der Waals surface area contributed by atoms with Crippen LogP contribution >= 0.6 is 11.3 Å². The number of nitrogens with zero attached hydrogens (tertiary/aromatic N) is 3. The van der Waals surface area contributed by atoms with E-state index in [1.54, 1.807) is 30.5 Å². The predicted octanol–water partition coefficient (Wildman–Crippen LogP) is 3.97. The van der Waals surface area contributed by atoms with Gasteiger partial charge in [0.1, 0.15) is 29.8 Å². The van der Waals surface area contributed by atoms with E-state index in [0.29, 0.717) is 17.9 Å². The molecule has 0 aliphatic rings. The standard InChI is InChI=1S/C20H17N3O3S/c1-23-11-10-21-18(23)12-25-15-8-6-14(7-9-15)20(24)26-13-19-22-16-4-2-3-5-17(16)27-19/h2-11H,12-13H2,1H3. The zero-order valence-electron chi connectivity index (χ0n) is 14.7. The molecule has 0 fully saturated rings. The van der Waals surface area contributed by atoms with Crippen LogP contribution < -0.4 is 4.74 Å². The van der Waals surface area contributed by atoms with E-state index in [-0.39, 0.29) is 12.6 Å². The first-order valence-corrected chi connectivity index (χ1v) is 9.21. The molecule has 0 unspecified atom stereocenters. The summed E-state index contributed by atoms with van der Waals surface area (Å²) in [6.45, 7) is 0.528. The lowest BCUT2D eigenvalue weighted by Gasteiger charge is -2.07. The Bertz CT molecular complexity index is 1040. The molecule has 2 heterocycles. The predicted molar refractivity (Wildman–Crippen MR) is 103 cm³/mol. The summed E-state index contributed by atoms with van der Waals surface area (Å²) in [6, 6.07) is 14.7. The SMILES string of the molecule is Cn1ccnc1COc1ccc(C(=O)OCc2nc3ccccc3s2)cc1. The molecule has 0 saturated heterocycles. The molecular formula is C20H17N3O3S. The average molecular weight is 379 g/mol. The van der Waals surface area contributed by atoms with Crippen molar-refractivity contribution in [2.75, 3.05) is 0 Å². The molecule has 0 N–H and O–H groups in total. The van der Waals surface area contributed by atoms with Crippen molar-refractivity contribution >= 4 is 27.5 Å². The lowest BCUT2D eigenvalue weighted by molar-refractivity contribution is 0.0472. The molecule has 136 valence electrons. The summed E-state index contributed by atoms with van der Waals surface area (Å²) in [5.74, 6) is 1.11. The second-order valence-corrected chi connectivity index (χ2v) is 7.03. The van der Waals surface area contributed by atoms with Crippen molar-refractivity contribution in [1.29, 1.82) is 0 Å². The van der Waals surface area contributed by atoms with Gasteiger partial charge < -0.3 is 14.0 Å². The summed E-state index contributed by atoms with van der Waals surface area (Å²) in [7, 11) is 1.91. The first-order valence-electron chi connectivity index (χ1n) is 8.40. The van der Waals surface area contributed by atoms with Crippen molar-refractivity contribution in [2.45, 2.75) is 13.2 Å². The van der Waals surface area contributed by atoms with Crippen LogP contribution in [0.25, 0.3) is 10.2 Å². The maximum Gasteiger partial charge on any atom is 0.338 e. The highest BCUT2D eigenvalue weighted by Gasteiger charge is 2.10. The molecule has 0 bridgehead atoms. The Labute approximate surface area is 160 Å². The van der Waals surface area contributed by atoms with Gasteiger partial charge in [-0.1, -0.05) is 12.1 Å². The lowest BCUT2D eigenvalue weighted by atomic mass is 10.2. The topological polar surface area (TPSA) is 66.2 Å². The first kappa shape index (κ1) is 17.2. The third-order valence-electron chi connectivity index (χ3n) is 4.04. The molecule has 0 atom stereocenters. The molecule has 0 spiro atoms. The van der Waals surface area contributed by atoms with E-state index in [1.165, 1.54) is 11.3 Å². The van der Waals surface area contributed by atoms with Gasteiger partial charge in [-0.05, 0) is 36.4 Å². The van der Waals surface area contributed by atoms with Gasteiger partial charge in [-0.3, -0.25) is 0 Å². The minimum absolute atomic E-state index is 0.162. The number of para-hydroxylation sites is 1. The normalized spacial score (nSPS) is 10.9. The van der Waals surface area contributed by atoms with Crippen LogP contribution in [0.3, 0.4) is 0 Å². The van der Waals surface area contributed by atoms with Crippen molar-refractivity contribution in [1.82, 2.24) is 14.5 Å². The molecule has 6 nitrogen and oxygen atoms in total. The summed E-state index contributed by atoms with van der Waals surface area (Å²) in [6.07, 6.45) is 3.59. The van der Waals surface area contributed by atoms with Gasteiger partial charge in [0.15, 0.2) is 0 Å². The van der Waals surface area contributed by atoms with Crippen molar-refractivity contribution in [2.24, 2.45) is 7.05 Å². The number of carbonyl (C=O) groups excluding carboxylic acids is 1. The molecule has 4 rings (SSSR count). The number of ether oxygens (including phenoxy) is 2. The maximum atomic E-state index is 12.2. The van der Waals surface area contributed by atoms with E-state index in [9.17, 15) is 4.79 Å². The van der Waals surface area contributed by atoms with Crippen LogP contribution in [0.5, 0.6) is 5.75 Å². The molecule has 0 radical (unpaired) electrons. The van der Waals surface area contributed by atoms with Gasteiger partial charge in [-0.15, -0.1) is 11.3 Å². The smallest absolute Gasteiger partial charge is 0.338 e. The van der Waals surface area contributed by atoms with Crippen LogP contribution in [-0.2, 0) is 25.0 Å². The Morgan fingerprint density at radius 2 is 1.93 bits per heavy atom. The molecular weight excluding hydrogens is 362 g/mol. The highest BCUT2D eigenvalue weighted by molar-refractivity contribution is 7.18. The molecule has 0 amide bonds. The van der Waals surface area contributed by atoms with E-state index in [1.807, 2.05) is 42.1 Å². The molecule has 27 heavy (non-hydrogen) atoms. The van der Waals surface area contributed by atoms with Crippen LogP contribution in [-0.4, -0.2) is 20.5 Å². The summed E-state index contributed by atoms with van der Waals surface area (Å²) < 4.78 is 14.0. The summed E-state index contributed by atoms with van der Waals surface area (Å²) in [4.78, 5) is 20.9. The van der Waals surface area contributed by atoms with Gasteiger partial charge in [0.05, 0.1) is 15.8 Å². The Hall–Kier alpha value is -3.19. The number of aryl methyl sites for hydroxylation is 1. The number of rotatable bonds is 6. The number of aromatic nitrogens is 3. The van der Waals surface area contributed by atoms with E-state index in [0.717, 1.165) is 21.0 Å². The largest absolute Gasteiger partial charge is 0.486 e. The average Bonchev–Trinajstić information content (AvgIpc) is 3.30. The lowest BCUT2D eigenvalue weighted by Crippen LogP contribution is -2.06. The molecule has 2 aromatic heterocycles. The third kappa shape index (κ3) is 3.98. The second kappa shape index (κ2) is 7.59. The Morgan fingerprint density at radius 1 is 1.11 bits per heavy atom. The zero-order chi connectivity index (χ0) is 18.6. The van der Waals surface area contributed by atoms with Gasteiger partial charge >= 0.3 is 5.97 Å². The zero-order valence-corrected chi connectivity index (χ0v) is 15.5. The molecule has 0 saturated carbocycles. The number of hydrogen-bond donors (Lipinski definition) is 0. The molecule has 7 heteroatoms. The minimum Gasteiger partial charge on any atom is -0.486 e. The number of imidazole rings is 1. The monoisotopic (exact) mass is 379 g/mol. The number of fused-ring (bicyclic) bond motifs is 1. The first-order chi connectivity index (χ1) is 13.2. The molecule has 4 aromatic rings. The highest BCUT2D eigenvalue weighted by atomic mass is 32.1. The Morgan fingerprint density at radius 3 is 2.67 bits per heavy atom. The van der Waals surface area contributed by atoms with Gasteiger partial charge in [-0.25, -0.2) is 14.8 Å². The van der Waals surface area contributed by atoms with Gasteiger partial charge in [-0.2, -0.15) is 0 Å². The molecule has 0 aliphatic heterocycles.